The second kappa shape index (κ2) is 5.67. The fourth-order valence-corrected chi connectivity index (χ4v) is 3.50. The SMILES string of the molecule is O=C1CC(=O)Nc2cc(C(Cl)c3ccc(Cl)s3)ccc2N1. The Morgan fingerprint density at radius 2 is 1.76 bits per heavy atom. The van der Waals surface area contributed by atoms with Gasteiger partial charge in [-0.15, -0.1) is 22.9 Å². The molecule has 0 aliphatic carbocycles. The second-order valence-corrected chi connectivity index (χ2v) is 6.77. The standard InChI is InChI=1S/C14H10Cl2N2O2S/c15-11-4-3-10(21-11)14(16)7-1-2-8-9(5-7)18-13(20)6-12(19)17-8/h1-5,14H,6H2,(H,17,19)(H,18,20). The minimum atomic E-state index is -0.358. The van der Waals surface area contributed by atoms with E-state index in [0.717, 1.165) is 10.4 Å². The Labute approximate surface area is 135 Å². The molecular formula is C14H10Cl2N2O2S. The van der Waals surface area contributed by atoms with E-state index in [9.17, 15) is 9.59 Å². The summed E-state index contributed by atoms with van der Waals surface area (Å²) >= 11 is 13.8. The molecule has 1 aliphatic heterocycles. The Balaban J connectivity index is 1.95. The molecule has 108 valence electrons. The van der Waals surface area contributed by atoms with Gasteiger partial charge >= 0.3 is 0 Å². The highest BCUT2D eigenvalue weighted by Crippen LogP contribution is 2.38. The molecule has 2 N–H and O–H groups in total. The van der Waals surface area contributed by atoms with Crippen LogP contribution in [0.5, 0.6) is 0 Å². The van der Waals surface area contributed by atoms with Crippen molar-refractivity contribution in [1.82, 2.24) is 0 Å². The Morgan fingerprint density at radius 1 is 1.05 bits per heavy atom. The summed E-state index contributed by atoms with van der Waals surface area (Å²) in [5.74, 6) is -0.667. The van der Waals surface area contributed by atoms with E-state index >= 15 is 0 Å². The Morgan fingerprint density at radius 3 is 2.43 bits per heavy atom. The van der Waals surface area contributed by atoms with Crippen molar-refractivity contribution in [1.29, 1.82) is 0 Å². The highest BCUT2D eigenvalue weighted by Gasteiger charge is 2.20. The first-order valence-electron chi connectivity index (χ1n) is 6.16. The fourth-order valence-electron chi connectivity index (χ4n) is 2.10. The molecule has 1 unspecified atom stereocenters. The van der Waals surface area contributed by atoms with Gasteiger partial charge < -0.3 is 10.6 Å². The lowest BCUT2D eigenvalue weighted by molar-refractivity contribution is -0.123. The third kappa shape index (κ3) is 3.05. The molecular weight excluding hydrogens is 331 g/mol. The largest absolute Gasteiger partial charge is 0.324 e. The number of hydrogen-bond acceptors (Lipinski definition) is 3. The number of alkyl halides is 1. The van der Waals surface area contributed by atoms with E-state index in [2.05, 4.69) is 10.6 Å². The number of nitrogens with one attached hydrogen (secondary N) is 2. The molecule has 1 aromatic heterocycles. The third-order valence-corrected chi connectivity index (χ3v) is 4.96. The lowest BCUT2D eigenvalue weighted by Gasteiger charge is -2.12. The van der Waals surface area contributed by atoms with Gasteiger partial charge in [-0.05, 0) is 29.8 Å². The van der Waals surface area contributed by atoms with Crippen LogP contribution in [0.25, 0.3) is 0 Å². The number of carbonyl (C=O) groups is 2. The maximum absolute atomic E-state index is 11.6. The summed E-state index contributed by atoms with van der Waals surface area (Å²) in [6, 6.07) is 8.99. The quantitative estimate of drug-likeness (QED) is 0.640. The van der Waals surface area contributed by atoms with Crippen LogP contribution in [-0.4, -0.2) is 11.8 Å². The van der Waals surface area contributed by atoms with E-state index < -0.39 is 0 Å². The molecule has 0 saturated heterocycles. The third-order valence-electron chi connectivity index (χ3n) is 3.05. The summed E-state index contributed by atoms with van der Waals surface area (Å²) in [5, 5.41) is 5.02. The Hall–Kier alpha value is -1.56. The first-order chi connectivity index (χ1) is 10.0. The lowest BCUT2D eigenvalue weighted by Crippen LogP contribution is -2.16. The van der Waals surface area contributed by atoms with Crippen molar-refractivity contribution >= 4 is 57.7 Å². The van der Waals surface area contributed by atoms with Crippen LogP contribution in [0.3, 0.4) is 0 Å². The van der Waals surface area contributed by atoms with Crippen molar-refractivity contribution in [3.63, 3.8) is 0 Å². The molecule has 4 nitrogen and oxygen atoms in total. The minimum absolute atomic E-state index is 0.186. The van der Waals surface area contributed by atoms with Gasteiger partial charge in [0.05, 0.1) is 21.1 Å². The smallest absolute Gasteiger partial charge is 0.233 e. The van der Waals surface area contributed by atoms with Crippen molar-refractivity contribution in [2.45, 2.75) is 11.8 Å². The van der Waals surface area contributed by atoms with E-state index in [-0.39, 0.29) is 23.6 Å². The van der Waals surface area contributed by atoms with Gasteiger partial charge in [-0.2, -0.15) is 0 Å². The van der Waals surface area contributed by atoms with Crippen LogP contribution in [-0.2, 0) is 9.59 Å². The van der Waals surface area contributed by atoms with Gasteiger partial charge in [0.2, 0.25) is 11.8 Å². The second-order valence-electron chi connectivity index (χ2n) is 4.58. The van der Waals surface area contributed by atoms with Crippen LogP contribution >= 0.6 is 34.5 Å². The molecule has 0 bridgehead atoms. The maximum Gasteiger partial charge on any atom is 0.233 e. The number of amides is 2. The Bertz CT molecular complexity index is 730. The molecule has 2 amide bonds. The average molecular weight is 341 g/mol. The highest BCUT2D eigenvalue weighted by molar-refractivity contribution is 7.16. The zero-order valence-electron chi connectivity index (χ0n) is 10.7. The van der Waals surface area contributed by atoms with E-state index in [1.165, 1.54) is 11.3 Å². The average Bonchev–Trinajstić information content (AvgIpc) is 2.79. The molecule has 1 atom stereocenters. The number of benzene rings is 1. The summed E-state index contributed by atoms with van der Waals surface area (Å²) in [6.45, 7) is 0. The van der Waals surface area contributed by atoms with E-state index in [1.54, 1.807) is 18.2 Å². The summed E-state index contributed by atoms with van der Waals surface area (Å²) in [6.07, 6.45) is -0.186. The summed E-state index contributed by atoms with van der Waals surface area (Å²) in [4.78, 5) is 24.0. The van der Waals surface area contributed by atoms with Crippen molar-refractivity contribution in [3.05, 3.63) is 45.1 Å². The number of rotatable bonds is 2. The van der Waals surface area contributed by atoms with Gasteiger partial charge in [0.25, 0.3) is 0 Å². The van der Waals surface area contributed by atoms with Crippen LogP contribution < -0.4 is 10.6 Å². The van der Waals surface area contributed by atoms with Crippen LogP contribution in [0.4, 0.5) is 11.4 Å². The molecule has 0 spiro atoms. The molecule has 3 rings (SSSR count). The van der Waals surface area contributed by atoms with Crippen molar-refractivity contribution in [3.8, 4) is 0 Å². The van der Waals surface area contributed by atoms with Gasteiger partial charge in [0, 0.05) is 4.88 Å². The van der Waals surface area contributed by atoms with Crippen LogP contribution in [0, 0.1) is 0 Å². The lowest BCUT2D eigenvalue weighted by atomic mass is 10.1. The predicted octanol–water partition coefficient (Wildman–Crippen LogP) is 4.01. The minimum Gasteiger partial charge on any atom is -0.324 e. The molecule has 1 aromatic carbocycles. The topological polar surface area (TPSA) is 58.2 Å². The zero-order chi connectivity index (χ0) is 15.0. The summed E-state index contributed by atoms with van der Waals surface area (Å²) < 4.78 is 0.672. The van der Waals surface area contributed by atoms with Gasteiger partial charge in [0.1, 0.15) is 6.42 Å². The first-order valence-corrected chi connectivity index (χ1v) is 7.79. The molecule has 1 aliphatic rings. The van der Waals surface area contributed by atoms with Crippen LogP contribution in [0.15, 0.2) is 30.3 Å². The van der Waals surface area contributed by atoms with Crippen LogP contribution in [0.1, 0.15) is 22.2 Å². The first kappa shape index (κ1) is 14.4. The normalized spacial score (nSPS) is 15.7. The number of thiophene rings is 1. The fraction of sp³-hybridized carbons (Fsp3) is 0.143. The molecule has 2 heterocycles. The molecule has 0 saturated carbocycles. The number of hydrogen-bond donors (Lipinski definition) is 2. The maximum atomic E-state index is 11.6. The predicted molar refractivity (Wildman–Crippen MR) is 85.3 cm³/mol. The van der Waals surface area contributed by atoms with Gasteiger partial charge in [-0.25, -0.2) is 0 Å². The van der Waals surface area contributed by atoms with Gasteiger partial charge in [0.15, 0.2) is 0 Å². The Kier molecular flexibility index (Phi) is 3.89. The van der Waals surface area contributed by atoms with Crippen molar-refractivity contribution in [2.24, 2.45) is 0 Å². The molecule has 21 heavy (non-hydrogen) atoms. The van der Waals surface area contributed by atoms with Crippen LogP contribution in [0.2, 0.25) is 4.34 Å². The van der Waals surface area contributed by atoms with E-state index in [0.29, 0.717) is 15.7 Å². The molecule has 2 aromatic rings. The zero-order valence-corrected chi connectivity index (χ0v) is 13.0. The number of fused-ring (bicyclic) bond motifs is 1. The van der Waals surface area contributed by atoms with Crippen molar-refractivity contribution < 1.29 is 9.59 Å². The van der Waals surface area contributed by atoms with Gasteiger partial charge in [-0.3, -0.25) is 9.59 Å². The monoisotopic (exact) mass is 340 g/mol. The molecule has 0 radical (unpaired) electrons. The van der Waals surface area contributed by atoms with Crippen molar-refractivity contribution in [2.75, 3.05) is 10.6 Å². The molecule has 0 fully saturated rings. The number of halogens is 2. The van der Waals surface area contributed by atoms with E-state index in [4.69, 9.17) is 23.2 Å². The molecule has 7 heteroatoms. The number of carbonyl (C=O) groups excluding carboxylic acids is 2. The van der Waals surface area contributed by atoms with Gasteiger partial charge in [-0.1, -0.05) is 17.7 Å². The highest BCUT2D eigenvalue weighted by atomic mass is 35.5. The summed E-state index contributed by atoms with van der Waals surface area (Å²) in [7, 11) is 0. The summed E-state index contributed by atoms with van der Waals surface area (Å²) in [5.41, 5.74) is 1.95. The van der Waals surface area contributed by atoms with E-state index in [1.807, 2.05) is 12.1 Å². The number of anilines is 2.